The fraction of sp³-hybridized carbons (Fsp3) is 0.515. The number of aryl methyl sites for hydroxylation is 6. The predicted octanol–water partition coefficient (Wildman–Crippen LogP) is 8.57. The Hall–Kier alpha value is -4.08. The van der Waals surface area contributed by atoms with Crippen molar-refractivity contribution in [1.29, 1.82) is 0 Å². The van der Waals surface area contributed by atoms with Crippen LogP contribution in [0.5, 0.6) is 0 Å². The van der Waals surface area contributed by atoms with Gasteiger partial charge in [0.2, 0.25) is 12.7 Å². The summed E-state index contributed by atoms with van der Waals surface area (Å²) in [6, 6.07) is 16.9. The highest BCUT2D eigenvalue weighted by atomic mass is 15.4. The summed E-state index contributed by atoms with van der Waals surface area (Å²) in [7, 11) is 0. The standard InChI is InChI=1S/C31H44N10.2CH4/c1-5-38-24-32-40(7-3)30(38)36-34-28-20-16-26(17-21-28)14-12-10-9-11-13-15-27-18-22-29(23-19-27)35-37-31-39(6-2)25-33-41(31)8-4;;/h16-25H,5-15H2,1-4H3;2*1H4/q+2;;. The van der Waals surface area contributed by atoms with Crippen molar-refractivity contribution in [1.82, 2.24) is 19.6 Å². The van der Waals surface area contributed by atoms with E-state index in [4.69, 9.17) is 0 Å². The van der Waals surface area contributed by atoms with Crippen molar-refractivity contribution in [2.24, 2.45) is 20.5 Å². The molecule has 10 nitrogen and oxygen atoms in total. The highest BCUT2D eigenvalue weighted by molar-refractivity contribution is 5.39. The second kappa shape index (κ2) is 18.5. The van der Waals surface area contributed by atoms with E-state index in [0.29, 0.717) is 0 Å². The number of hydrogen-bond donors (Lipinski definition) is 0. The zero-order chi connectivity index (χ0) is 28.9. The van der Waals surface area contributed by atoms with Gasteiger partial charge in [0.25, 0.3) is 0 Å². The smallest absolute Gasteiger partial charge is 0.223 e. The number of hydrogen-bond acceptors (Lipinski definition) is 6. The Labute approximate surface area is 258 Å². The maximum atomic E-state index is 4.44. The summed E-state index contributed by atoms with van der Waals surface area (Å²) < 4.78 is 7.71. The molecule has 4 aromatic rings. The van der Waals surface area contributed by atoms with Crippen molar-refractivity contribution in [3.63, 3.8) is 0 Å². The Morgan fingerprint density at radius 3 is 1.26 bits per heavy atom. The van der Waals surface area contributed by atoms with Gasteiger partial charge in [0.15, 0.2) is 0 Å². The van der Waals surface area contributed by atoms with Crippen molar-refractivity contribution in [2.45, 2.75) is 114 Å². The number of unbranched alkanes of at least 4 members (excludes halogenated alkanes) is 4. The van der Waals surface area contributed by atoms with E-state index < -0.39 is 0 Å². The number of nitrogens with zero attached hydrogens (tertiary/aromatic N) is 10. The number of azo groups is 2. The molecular formula is C33H52N10+2. The van der Waals surface area contributed by atoms with E-state index in [0.717, 1.165) is 62.3 Å². The van der Waals surface area contributed by atoms with E-state index in [1.165, 1.54) is 43.2 Å². The molecule has 0 bridgehead atoms. The summed E-state index contributed by atoms with van der Waals surface area (Å²) in [6.45, 7) is 11.5. The summed E-state index contributed by atoms with van der Waals surface area (Å²) in [5.41, 5.74) is 4.44. The minimum atomic E-state index is 0. The first-order chi connectivity index (χ1) is 20.1. The molecule has 0 unspecified atom stereocenters. The van der Waals surface area contributed by atoms with Gasteiger partial charge in [-0.05, 0) is 99.0 Å². The molecule has 10 heteroatoms. The van der Waals surface area contributed by atoms with Gasteiger partial charge in [-0.1, -0.05) is 68.6 Å². The predicted molar refractivity (Wildman–Crippen MR) is 173 cm³/mol. The molecule has 0 radical (unpaired) electrons. The zero-order valence-corrected chi connectivity index (χ0v) is 25.0. The lowest BCUT2D eigenvalue weighted by Gasteiger charge is -2.04. The quantitative estimate of drug-likeness (QED) is 0.0745. The number of aromatic nitrogens is 6. The van der Waals surface area contributed by atoms with Crippen LogP contribution in [0, 0.1) is 0 Å². The van der Waals surface area contributed by atoms with Crippen LogP contribution in [0.4, 0.5) is 23.3 Å². The normalized spacial score (nSPS) is 11.3. The van der Waals surface area contributed by atoms with Crippen LogP contribution in [0.25, 0.3) is 0 Å². The molecule has 0 aliphatic heterocycles. The van der Waals surface area contributed by atoms with Crippen LogP contribution in [0.2, 0.25) is 0 Å². The van der Waals surface area contributed by atoms with E-state index in [1.807, 2.05) is 18.5 Å². The third-order valence-electron chi connectivity index (χ3n) is 7.23. The molecule has 0 fully saturated rings. The highest BCUT2D eigenvalue weighted by Crippen LogP contribution is 2.20. The topological polar surface area (TPSA) is 92.8 Å². The van der Waals surface area contributed by atoms with E-state index in [1.54, 1.807) is 12.7 Å². The summed E-state index contributed by atoms with van der Waals surface area (Å²) in [6.07, 6.45) is 12.0. The second-order valence-electron chi connectivity index (χ2n) is 10.1. The van der Waals surface area contributed by atoms with Crippen molar-refractivity contribution in [3.8, 4) is 0 Å². The minimum absolute atomic E-state index is 0. The van der Waals surface area contributed by atoms with Crippen LogP contribution in [0.3, 0.4) is 0 Å². The maximum Gasteiger partial charge on any atom is 0.403 e. The summed E-state index contributed by atoms with van der Waals surface area (Å²) >= 11 is 0. The molecule has 0 atom stereocenters. The molecule has 0 amide bonds. The first-order valence-electron chi connectivity index (χ1n) is 15.1. The van der Waals surface area contributed by atoms with E-state index in [9.17, 15) is 0 Å². The maximum absolute atomic E-state index is 4.44. The molecule has 232 valence electrons. The molecule has 2 heterocycles. The van der Waals surface area contributed by atoms with Crippen LogP contribution in [-0.2, 0) is 39.0 Å². The third-order valence-corrected chi connectivity index (χ3v) is 7.23. The van der Waals surface area contributed by atoms with Crippen LogP contribution in [0.1, 0.15) is 85.8 Å². The lowest BCUT2D eigenvalue weighted by atomic mass is 10.0. The van der Waals surface area contributed by atoms with Crippen LogP contribution < -0.4 is 9.13 Å². The van der Waals surface area contributed by atoms with Gasteiger partial charge in [-0.2, -0.15) is 0 Å². The van der Waals surface area contributed by atoms with Crippen LogP contribution >= 0.6 is 0 Å². The molecule has 0 aliphatic rings. The molecule has 2 aromatic carbocycles. The van der Waals surface area contributed by atoms with Gasteiger partial charge in [0.05, 0.1) is 37.6 Å². The van der Waals surface area contributed by atoms with Gasteiger partial charge in [-0.15, -0.1) is 9.36 Å². The number of rotatable bonds is 16. The zero-order valence-electron chi connectivity index (χ0n) is 25.0. The first kappa shape index (κ1) is 35.1. The Morgan fingerprint density at radius 1 is 0.535 bits per heavy atom. The van der Waals surface area contributed by atoms with Crippen molar-refractivity contribution in [2.75, 3.05) is 0 Å². The van der Waals surface area contributed by atoms with E-state index in [2.05, 4.69) is 107 Å². The Balaban J connectivity index is 0.00000323. The highest BCUT2D eigenvalue weighted by Gasteiger charge is 2.16. The van der Waals surface area contributed by atoms with Gasteiger partial charge in [-0.25, -0.2) is 9.13 Å². The van der Waals surface area contributed by atoms with Crippen LogP contribution in [-0.4, -0.2) is 19.6 Å². The fourth-order valence-electron chi connectivity index (χ4n) is 4.71. The second-order valence-corrected chi connectivity index (χ2v) is 10.1. The molecule has 43 heavy (non-hydrogen) atoms. The molecule has 0 saturated heterocycles. The minimum Gasteiger partial charge on any atom is -0.223 e. The average molecular weight is 589 g/mol. The van der Waals surface area contributed by atoms with Crippen LogP contribution in [0.15, 0.2) is 81.6 Å². The lowest BCUT2D eigenvalue weighted by Crippen LogP contribution is -2.30. The molecular weight excluding hydrogens is 536 g/mol. The third kappa shape index (κ3) is 10.0. The van der Waals surface area contributed by atoms with Gasteiger partial charge in [-0.3, -0.25) is 0 Å². The van der Waals surface area contributed by atoms with E-state index >= 15 is 0 Å². The summed E-state index contributed by atoms with van der Waals surface area (Å²) in [5, 5.41) is 26.4. The molecule has 0 N–H and O–H groups in total. The van der Waals surface area contributed by atoms with Gasteiger partial charge in [0, 0.05) is 10.2 Å². The van der Waals surface area contributed by atoms with E-state index in [-0.39, 0.29) is 14.9 Å². The SMILES string of the molecule is C.C.CCn1nc[n+](CC)c1N=Nc1ccc(CCCCCCCc2ccc(N=Nc3n(CC)nc[n+]3CC)cc2)cc1. The van der Waals surface area contributed by atoms with Crippen molar-refractivity contribution in [3.05, 3.63) is 72.3 Å². The summed E-state index contributed by atoms with van der Waals surface area (Å²) in [4.78, 5) is 0. The molecule has 0 aliphatic carbocycles. The lowest BCUT2D eigenvalue weighted by molar-refractivity contribution is -0.681. The fourth-order valence-corrected chi connectivity index (χ4v) is 4.71. The Morgan fingerprint density at radius 2 is 0.907 bits per heavy atom. The molecule has 2 aromatic heterocycles. The first-order valence-corrected chi connectivity index (χ1v) is 15.1. The molecule has 0 saturated carbocycles. The Bertz CT molecular complexity index is 1250. The largest absolute Gasteiger partial charge is 0.403 e. The van der Waals surface area contributed by atoms with Crippen molar-refractivity contribution >= 4 is 23.3 Å². The van der Waals surface area contributed by atoms with Gasteiger partial charge >= 0.3 is 11.9 Å². The molecule has 4 rings (SSSR count). The molecule has 0 spiro atoms. The van der Waals surface area contributed by atoms with Crippen molar-refractivity contribution < 1.29 is 9.13 Å². The van der Waals surface area contributed by atoms with Gasteiger partial charge < -0.3 is 0 Å². The monoisotopic (exact) mass is 588 g/mol. The number of benzene rings is 2. The van der Waals surface area contributed by atoms with Gasteiger partial charge in [0.1, 0.15) is 0 Å². The Kier molecular flexibility index (Phi) is 15.1. The average Bonchev–Trinajstić information content (AvgIpc) is 3.62. The summed E-state index contributed by atoms with van der Waals surface area (Å²) in [5.74, 6) is 1.55.